The molecular formula is C24H20N6O6. The maximum atomic E-state index is 12.9. The molecule has 2 heterocycles. The van der Waals surface area contributed by atoms with Crippen molar-refractivity contribution in [1.82, 2.24) is 20.4 Å². The number of carbonyl (C=O) groups is 1. The Morgan fingerprint density at radius 3 is 2.39 bits per heavy atom. The van der Waals surface area contributed by atoms with Gasteiger partial charge in [0.25, 0.3) is 17.2 Å². The third-order valence-electron chi connectivity index (χ3n) is 5.34. The highest BCUT2D eigenvalue weighted by Crippen LogP contribution is 2.22. The summed E-state index contributed by atoms with van der Waals surface area (Å²) in [5, 5.41) is 36.0. The minimum absolute atomic E-state index is 0.119. The zero-order valence-corrected chi connectivity index (χ0v) is 18.8. The number of aromatic nitrogens is 3. The van der Waals surface area contributed by atoms with Crippen LogP contribution in [-0.2, 0) is 0 Å². The summed E-state index contributed by atoms with van der Waals surface area (Å²) in [6.45, 7) is 1.59. The number of hydrogen-bond acceptors (Lipinski definition) is 9. The van der Waals surface area contributed by atoms with Crippen LogP contribution in [0.1, 0.15) is 46.3 Å². The van der Waals surface area contributed by atoms with Crippen LogP contribution in [0.25, 0.3) is 11.0 Å². The molecule has 0 fully saturated rings. The van der Waals surface area contributed by atoms with E-state index in [1.54, 1.807) is 31.2 Å². The first kappa shape index (κ1) is 24.3. The smallest absolute Gasteiger partial charge is 0.276 e. The number of hydrogen-bond donors (Lipinski definition) is 4. The van der Waals surface area contributed by atoms with E-state index in [2.05, 4.69) is 25.5 Å². The van der Waals surface area contributed by atoms with E-state index in [1.807, 2.05) is 0 Å². The maximum absolute atomic E-state index is 12.9. The van der Waals surface area contributed by atoms with Gasteiger partial charge in [-0.05, 0) is 36.2 Å². The fourth-order valence-corrected chi connectivity index (χ4v) is 3.40. The number of aliphatic hydroxyl groups is 2. The number of nitrogens with one attached hydrogen (secondary N) is 2. The first-order valence-corrected chi connectivity index (χ1v) is 10.7. The number of pyridine rings is 1. The van der Waals surface area contributed by atoms with Gasteiger partial charge in [0, 0.05) is 30.1 Å². The standard InChI is InChI=1S/C24H20N6O6/c1-13(31)14-2-4-15(5-3-14)22(32)20(28-29-23(33)16-8-10-25-11-9-16)21-24(34)27-19-12-17(30(35)36)6-7-18(19)26-21/h2-13,22,31-32H,1H3,(H,27,34)(H,29,33)/b28-20-. The lowest BCUT2D eigenvalue weighted by atomic mass is 10.00. The number of nitro groups is 1. The maximum Gasteiger partial charge on any atom is 0.276 e. The van der Waals surface area contributed by atoms with Crippen molar-refractivity contribution >= 4 is 28.3 Å². The Bertz CT molecular complexity index is 1520. The number of nitrogens with zero attached hydrogens (tertiary/aromatic N) is 4. The van der Waals surface area contributed by atoms with Crippen LogP contribution in [0.3, 0.4) is 0 Å². The summed E-state index contributed by atoms with van der Waals surface area (Å²) in [4.78, 5) is 46.5. The van der Waals surface area contributed by atoms with Gasteiger partial charge < -0.3 is 15.2 Å². The molecule has 0 bridgehead atoms. The fraction of sp³-hybridized carbons (Fsp3) is 0.125. The molecule has 12 nitrogen and oxygen atoms in total. The SMILES string of the molecule is CC(O)c1ccc(C(O)/C(=N\NC(=O)c2ccncc2)c2nc3ccc([N+](=O)[O-])cc3[nH]c2=O)cc1. The monoisotopic (exact) mass is 488 g/mol. The summed E-state index contributed by atoms with van der Waals surface area (Å²) in [6, 6.07) is 13.0. The summed E-state index contributed by atoms with van der Waals surface area (Å²) < 4.78 is 0. The number of aliphatic hydroxyl groups excluding tert-OH is 2. The van der Waals surface area contributed by atoms with Gasteiger partial charge in [0.05, 0.1) is 22.1 Å². The molecule has 182 valence electrons. The summed E-state index contributed by atoms with van der Waals surface area (Å²) in [5.41, 5.74) is 2.26. The number of fused-ring (bicyclic) bond motifs is 1. The van der Waals surface area contributed by atoms with E-state index >= 15 is 0 Å². The molecule has 2 aromatic heterocycles. The number of rotatable bonds is 7. The Kier molecular flexibility index (Phi) is 6.90. The van der Waals surface area contributed by atoms with Crippen LogP contribution in [0.2, 0.25) is 0 Å². The van der Waals surface area contributed by atoms with Gasteiger partial charge in [0.15, 0.2) is 5.69 Å². The molecule has 0 aliphatic heterocycles. The van der Waals surface area contributed by atoms with Crippen molar-refractivity contribution in [3.63, 3.8) is 0 Å². The molecule has 0 saturated carbocycles. The second kappa shape index (κ2) is 10.2. The quantitative estimate of drug-likeness (QED) is 0.173. The Labute approximate surface area is 203 Å². The molecule has 2 aromatic carbocycles. The highest BCUT2D eigenvalue weighted by Gasteiger charge is 2.24. The van der Waals surface area contributed by atoms with Crippen LogP contribution in [0.15, 0.2) is 76.9 Å². The molecule has 2 atom stereocenters. The van der Waals surface area contributed by atoms with Crippen molar-refractivity contribution in [2.24, 2.45) is 5.10 Å². The van der Waals surface area contributed by atoms with Crippen LogP contribution in [0.5, 0.6) is 0 Å². The van der Waals surface area contributed by atoms with Crippen molar-refractivity contribution in [3.8, 4) is 0 Å². The van der Waals surface area contributed by atoms with Crippen molar-refractivity contribution in [3.05, 3.63) is 110 Å². The van der Waals surface area contributed by atoms with Gasteiger partial charge in [0.2, 0.25) is 0 Å². The lowest BCUT2D eigenvalue weighted by molar-refractivity contribution is -0.384. The van der Waals surface area contributed by atoms with Crippen molar-refractivity contribution in [2.45, 2.75) is 19.1 Å². The third-order valence-corrected chi connectivity index (χ3v) is 5.34. The second-order valence-electron chi connectivity index (χ2n) is 7.79. The zero-order valence-electron chi connectivity index (χ0n) is 18.8. The van der Waals surface area contributed by atoms with Crippen molar-refractivity contribution in [1.29, 1.82) is 0 Å². The Morgan fingerprint density at radius 2 is 1.75 bits per heavy atom. The number of aromatic amines is 1. The number of H-pyrrole nitrogens is 1. The molecule has 36 heavy (non-hydrogen) atoms. The number of carbonyl (C=O) groups excluding carboxylic acids is 1. The average molecular weight is 488 g/mol. The van der Waals surface area contributed by atoms with Gasteiger partial charge in [-0.15, -0.1) is 0 Å². The van der Waals surface area contributed by atoms with E-state index in [1.165, 1.54) is 42.7 Å². The highest BCUT2D eigenvalue weighted by atomic mass is 16.6. The Hall–Kier alpha value is -4.81. The topological polar surface area (TPSA) is 184 Å². The van der Waals surface area contributed by atoms with Crippen molar-refractivity contribution in [2.75, 3.05) is 0 Å². The van der Waals surface area contributed by atoms with E-state index in [0.717, 1.165) is 0 Å². The van der Waals surface area contributed by atoms with Crippen LogP contribution in [-0.4, -0.2) is 41.7 Å². The molecule has 1 amide bonds. The van der Waals surface area contributed by atoms with Gasteiger partial charge in [-0.2, -0.15) is 5.10 Å². The number of amides is 1. The Balaban J connectivity index is 1.79. The zero-order chi connectivity index (χ0) is 25.8. The average Bonchev–Trinajstić information content (AvgIpc) is 2.88. The second-order valence-corrected chi connectivity index (χ2v) is 7.79. The van der Waals surface area contributed by atoms with E-state index < -0.39 is 28.6 Å². The third kappa shape index (κ3) is 5.14. The lowest BCUT2D eigenvalue weighted by Gasteiger charge is -2.15. The molecule has 4 aromatic rings. The van der Waals surface area contributed by atoms with Gasteiger partial charge in [0.1, 0.15) is 11.8 Å². The number of nitro benzene ring substituents is 1. The number of non-ortho nitro benzene ring substituents is 1. The largest absolute Gasteiger partial charge is 0.389 e. The number of hydrazone groups is 1. The number of benzene rings is 2. The predicted molar refractivity (Wildman–Crippen MR) is 129 cm³/mol. The predicted octanol–water partition coefficient (Wildman–Crippen LogP) is 2.15. The van der Waals surface area contributed by atoms with Gasteiger partial charge in [-0.1, -0.05) is 24.3 Å². The minimum Gasteiger partial charge on any atom is -0.389 e. The fourth-order valence-electron chi connectivity index (χ4n) is 3.40. The van der Waals surface area contributed by atoms with Gasteiger partial charge in [-0.25, -0.2) is 10.4 Å². The van der Waals surface area contributed by atoms with Crippen LogP contribution in [0.4, 0.5) is 5.69 Å². The molecule has 0 aliphatic carbocycles. The summed E-state index contributed by atoms with van der Waals surface area (Å²) in [5.74, 6) is -0.612. The molecule has 2 unspecified atom stereocenters. The van der Waals surface area contributed by atoms with Crippen LogP contribution < -0.4 is 11.0 Å². The molecule has 4 rings (SSSR count). The van der Waals surface area contributed by atoms with E-state index in [4.69, 9.17) is 0 Å². The normalized spacial score (nSPS) is 13.2. The van der Waals surface area contributed by atoms with Crippen molar-refractivity contribution < 1.29 is 19.9 Å². The molecule has 4 N–H and O–H groups in total. The van der Waals surface area contributed by atoms with Crippen LogP contribution >= 0.6 is 0 Å². The molecule has 12 heteroatoms. The molecular weight excluding hydrogens is 468 g/mol. The Morgan fingerprint density at radius 1 is 1.08 bits per heavy atom. The first-order chi connectivity index (χ1) is 17.2. The lowest BCUT2D eigenvalue weighted by Crippen LogP contribution is -2.29. The first-order valence-electron chi connectivity index (χ1n) is 10.7. The summed E-state index contributed by atoms with van der Waals surface area (Å²) in [7, 11) is 0. The summed E-state index contributed by atoms with van der Waals surface area (Å²) in [6.07, 6.45) is 0.632. The minimum atomic E-state index is -1.49. The van der Waals surface area contributed by atoms with E-state index in [-0.39, 0.29) is 33.7 Å². The molecule has 0 saturated heterocycles. The van der Waals surface area contributed by atoms with Crippen LogP contribution in [0, 0.1) is 10.1 Å². The highest BCUT2D eigenvalue weighted by molar-refractivity contribution is 6.04. The van der Waals surface area contributed by atoms with E-state index in [9.17, 15) is 29.9 Å². The van der Waals surface area contributed by atoms with E-state index in [0.29, 0.717) is 11.1 Å². The molecule has 0 aliphatic rings. The van der Waals surface area contributed by atoms with Gasteiger partial charge >= 0.3 is 0 Å². The summed E-state index contributed by atoms with van der Waals surface area (Å²) >= 11 is 0. The molecule has 0 radical (unpaired) electrons. The molecule has 0 spiro atoms. The van der Waals surface area contributed by atoms with Gasteiger partial charge in [-0.3, -0.25) is 24.7 Å².